The molecule has 3 rings (SSSR count). The molecule has 6 heteroatoms. The number of methoxy groups -OCH3 is 1. The molecule has 0 radical (unpaired) electrons. The zero-order chi connectivity index (χ0) is 17.3. The second-order valence-electron chi connectivity index (χ2n) is 5.77. The summed E-state index contributed by atoms with van der Waals surface area (Å²) >= 11 is 0. The largest absolute Gasteiger partial charge is 0.481 e. The molecule has 0 fully saturated rings. The highest BCUT2D eigenvalue weighted by Gasteiger charge is 2.28. The molecule has 0 saturated carbocycles. The Morgan fingerprint density at radius 1 is 1.33 bits per heavy atom. The predicted octanol–water partition coefficient (Wildman–Crippen LogP) is 3.35. The molecule has 6 nitrogen and oxygen atoms in total. The second-order valence-corrected chi connectivity index (χ2v) is 5.77. The molecular weight excluding hydrogens is 304 g/mol. The fourth-order valence-corrected chi connectivity index (χ4v) is 2.88. The van der Waals surface area contributed by atoms with Gasteiger partial charge in [-0.1, -0.05) is 30.3 Å². The van der Waals surface area contributed by atoms with E-state index >= 15 is 0 Å². The van der Waals surface area contributed by atoms with Crippen molar-refractivity contribution >= 4 is 23.3 Å². The van der Waals surface area contributed by atoms with E-state index in [4.69, 9.17) is 15.9 Å². The van der Waals surface area contributed by atoms with Crippen LogP contribution in [0.5, 0.6) is 0 Å². The van der Waals surface area contributed by atoms with E-state index in [1.807, 2.05) is 37.3 Å². The molecular formula is C18H20N4O2. The van der Waals surface area contributed by atoms with Crippen molar-refractivity contribution in [2.45, 2.75) is 19.5 Å². The summed E-state index contributed by atoms with van der Waals surface area (Å²) in [5.41, 5.74) is 9.56. The van der Waals surface area contributed by atoms with Gasteiger partial charge >= 0.3 is 6.03 Å². The summed E-state index contributed by atoms with van der Waals surface area (Å²) in [6.07, 6.45) is 0. The number of urea groups is 1. The zero-order valence-corrected chi connectivity index (χ0v) is 13.7. The Bertz CT molecular complexity index is 789. The predicted molar refractivity (Wildman–Crippen MR) is 94.1 cm³/mol. The van der Waals surface area contributed by atoms with Gasteiger partial charge in [0.05, 0.1) is 25.3 Å². The molecule has 4 N–H and O–H groups in total. The first-order chi connectivity index (χ1) is 11.5. The van der Waals surface area contributed by atoms with Gasteiger partial charge in [-0.3, -0.25) is 5.41 Å². The van der Waals surface area contributed by atoms with Crippen molar-refractivity contribution in [1.82, 2.24) is 4.90 Å². The monoisotopic (exact) mass is 324 g/mol. The maximum absolute atomic E-state index is 12.5. The van der Waals surface area contributed by atoms with Crippen LogP contribution < -0.4 is 11.1 Å². The first-order valence-corrected chi connectivity index (χ1v) is 7.69. The maximum Gasteiger partial charge on any atom is 0.322 e. The average Bonchev–Trinajstić information content (AvgIpc) is 2.60. The van der Waals surface area contributed by atoms with E-state index in [1.54, 1.807) is 17.0 Å². The maximum atomic E-state index is 12.5. The van der Waals surface area contributed by atoms with Gasteiger partial charge < -0.3 is 20.7 Å². The number of fused-ring (bicyclic) bond motifs is 1. The smallest absolute Gasteiger partial charge is 0.322 e. The van der Waals surface area contributed by atoms with Crippen LogP contribution in [0.25, 0.3) is 0 Å². The highest BCUT2D eigenvalue weighted by Crippen LogP contribution is 2.32. The summed E-state index contributed by atoms with van der Waals surface area (Å²) in [7, 11) is 1.44. The number of rotatable bonds is 3. The van der Waals surface area contributed by atoms with Crippen LogP contribution in [0.3, 0.4) is 0 Å². The molecule has 0 aromatic heterocycles. The number of amides is 2. The Kier molecular flexibility index (Phi) is 4.12. The minimum Gasteiger partial charge on any atom is -0.481 e. The van der Waals surface area contributed by atoms with E-state index in [9.17, 15) is 4.79 Å². The van der Waals surface area contributed by atoms with E-state index in [2.05, 4.69) is 5.32 Å². The third kappa shape index (κ3) is 2.78. The van der Waals surface area contributed by atoms with Crippen molar-refractivity contribution in [2.75, 3.05) is 18.2 Å². The lowest BCUT2D eigenvalue weighted by Crippen LogP contribution is -2.40. The number of hydrogen-bond acceptors (Lipinski definition) is 4. The van der Waals surface area contributed by atoms with Gasteiger partial charge in [-0.15, -0.1) is 0 Å². The van der Waals surface area contributed by atoms with Gasteiger partial charge in [0.15, 0.2) is 0 Å². The number of ether oxygens (including phenoxy) is 1. The van der Waals surface area contributed by atoms with Crippen LogP contribution >= 0.6 is 0 Å². The van der Waals surface area contributed by atoms with Crippen LogP contribution in [-0.4, -0.2) is 23.9 Å². The SMILES string of the molecule is COC(=N)c1cc2c(cc1N)NC(=O)N(C(C)c1ccccc1)C2. The minimum atomic E-state index is -0.159. The third-order valence-electron chi connectivity index (χ3n) is 4.32. The molecule has 2 aromatic carbocycles. The van der Waals surface area contributed by atoms with E-state index in [-0.39, 0.29) is 18.0 Å². The zero-order valence-electron chi connectivity index (χ0n) is 13.7. The number of nitrogens with two attached hydrogens (primary N) is 1. The first-order valence-electron chi connectivity index (χ1n) is 7.69. The van der Waals surface area contributed by atoms with Crippen LogP contribution in [0.4, 0.5) is 16.2 Å². The molecule has 2 aromatic rings. The van der Waals surface area contributed by atoms with Crippen molar-refractivity contribution in [1.29, 1.82) is 5.41 Å². The van der Waals surface area contributed by atoms with E-state index < -0.39 is 0 Å². The van der Waals surface area contributed by atoms with Crippen molar-refractivity contribution in [3.05, 3.63) is 59.2 Å². The van der Waals surface area contributed by atoms with Gasteiger partial charge in [0.25, 0.3) is 0 Å². The summed E-state index contributed by atoms with van der Waals surface area (Å²) in [4.78, 5) is 14.2. The Morgan fingerprint density at radius 3 is 2.71 bits per heavy atom. The van der Waals surface area contributed by atoms with Crippen molar-refractivity contribution in [3.8, 4) is 0 Å². The summed E-state index contributed by atoms with van der Waals surface area (Å²) in [6, 6.07) is 13.1. The van der Waals surface area contributed by atoms with Gasteiger partial charge in [-0.2, -0.15) is 0 Å². The normalized spacial score (nSPS) is 14.6. The van der Waals surface area contributed by atoms with Crippen LogP contribution in [-0.2, 0) is 11.3 Å². The van der Waals surface area contributed by atoms with Gasteiger partial charge in [-0.25, -0.2) is 4.79 Å². The number of hydrogen-bond donors (Lipinski definition) is 3. The topological polar surface area (TPSA) is 91.4 Å². The van der Waals surface area contributed by atoms with Crippen LogP contribution in [0.15, 0.2) is 42.5 Å². The van der Waals surface area contributed by atoms with Gasteiger partial charge in [0.2, 0.25) is 5.90 Å². The molecule has 0 aliphatic carbocycles. The number of benzene rings is 2. The quantitative estimate of drug-likeness (QED) is 0.459. The van der Waals surface area contributed by atoms with Crippen LogP contribution in [0.1, 0.15) is 29.7 Å². The highest BCUT2D eigenvalue weighted by atomic mass is 16.5. The molecule has 2 amide bonds. The third-order valence-corrected chi connectivity index (χ3v) is 4.32. The fourth-order valence-electron chi connectivity index (χ4n) is 2.88. The van der Waals surface area contributed by atoms with Gasteiger partial charge in [0, 0.05) is 11.4 Å². The number of nitrogen functional groups attached to an aromatic ring is 1. The van der Waals surface area contributed by atoms with Gasteiger partial charge in [0.1, 0.15) is 0 Å². The summed E-state index contributed by atoms with van der Waals surface area (Å²) in [5, 5.41) is 10.7. The number of nitrogens with one attached hydrogen (secondary N) is 2. The van der Waals surface area contributed by atoms with E-state index in [0.29, 0.717) is 23.5 Å². The van der Waals surface area contributed by atoms with Crippen molar-refractivity contribution < 1.29 is 9.53 Å². The molecule has 0 bridgehead atoms. The molecule has 1 atom stereocenters. The summed E-state index contributed by atoms with van der Waals surface area (Å²) < 4.78 is 4.98. The molecule has 124 valence electrons. The lowest BCUT2D eigenvalue weighted by Gasteiger charge is -2.34. The molecule has 1 unspecified atom stereocenters. The number of anilines is 2. The second kappa shape index (κ2) is 6.23. The summed E-state index contributed by atoms with van der Waals surface area (Å²) in [6.45, 7) is 2.44. The number of nitrogens with zero attached hydrogens (tertiary/aromatic N) is 1. The molecule has 0 spiro atoms. The Balaban J connectivity index is 1.94. The van der Waals surface area contributed by atoms with Crippen molar-refractivity contribution in [3.63, 3.8) is 0 Å². The molecule has 1 aliphatic heterocycles. The fraction of sp³-hybridized carbons (Fsp3) is 0.222. The van der Waals surface area contributed by atoms with Crippen LogP contribution in [0.2, 0.25) is 0 Å². The van der Waals surface area contributed by atoms with Crippen LogP contribution in [0, 0.1) is 5.41 Å². The first kappa shape index (κ1) is 15.9. The number of carbonyl (C=O) groups is 1. The average molecular weight is 324 g/mol. The lowest BCUT2D eigenvalue weighted by molar-refractivity contribution is 0.186. The minimum absolute atomic E-state index is 0.00913. The van der Waals surface area contributed by atoms with E-state index in [1.165, 1.54) is 7.11 Å². The molecule has 0 saturated heterocycles. The molecule has 24 heavy (non-hydrogen) atoms. The van der Waals surface area contributed by atoms with Crippen molar-refractivity contribution in [2.24, 2.45) is 0 Å². The Hall–Kier alpha value is -3.02. The lowest BCUT2D eigenvalue weighted by atomic mass is 10.0. The molecule has 1 heterocycles. The Labute approximate surface area is 140 Å². The van der Waals surface area contributed by atoms with Gasteiger partial charge in [-0.05, 0) is 30.2 Å². The molecule has 1 aliphatic rings. The Morgan fingerprint density at radius 2 is 2.04 bits per heavy atom. The summed E-state index contributed by atoms with van der Waals surface area (Å²) in [5.74, 6) is 0.00913. The standard InChI is InChI=1S/C18H20N4O2/c1-11(12-6-4-3-5-7-12)22-10-13-8-14(17(20)24-2)15(19)9-16(13)21-18(22)23/h3-9,11,20H,10,19H2,1-2H3,(H,21,23). The number of carbonyl (C=O) groups excluding carboxylic acids is 1. The highest BCUT2D eigenvalue weighted by molar-refractivity contribution is 6.00. The van der Waals surface area contributed by atoms with E-state index in [0.717, 1.165) is 11.1 Å².